The van der Waals surface area contributed by atoms with E-state index in [1.807, 2.05) is 47.1 Å². The molecule has 0 radical (unpaired) electrons. The second kappa shape index (κ2) is 6.45. The Bertz CT molecular complexity index is 733. The fourth-order valence-corrected chi connectivity index (χ4v) is 2.45. The lowest BCUT2D eigenvalue weighted by atomic mass is 10.1. The molecule has 112 valence electrons. The van der Waals surface area contributed by atoms with Crippen molar-refractivity contribution >= 4 is 0 Å². The molecule has 0 aliphatic heterocycles. The highest BCUT2D eigenvalue weighted by Crippen LogP contribution is 2.18. The smallest absolute Gasteiger partial charge is 0.118 e. The van der Waals surface area contributed by atoms with Crippen molar-refractivity contribution in [1.82, 2.24) is 9.78 Å². The summed E-state index contributed by atoms with van der Waals surface area (Å²) in [5.74, 6) is 0.864. The van der Waals surface area contributed by atoms with Crippen molar-refractivity contribution in [3.63, 3.8) is 0 Å². The summed E-state index contributed by atoms with van der Waals surface area (Å²) >= 11 is 0. The fraction of sp³-hybridized carbons (Fsp3) is 0.167. The molecule has 3 rings (SSSR count). The molecule has 22 heavy (non-hydrogen) atoms. The molecule has 4 nitrogen and oxygen atoms in total. The number of rotatable bonds is 5. The number of nitrogens with two attached hydrogens (primary N) is 1. The first-order chi connectivity index (χ1) is 10.8. The van der Waals surface area contributed by atoms with Crippen LogP contribution in [-0.2, 0) is 13.0 Å². The molecule has 0 saturated carbocycles. The van der Waals surface area contributed by atoms with Crippen molar-refractivity contribution in [1.29, 1.82) is 0 Å². The molecule has 1 heterocycles. The molecule has 0 atom stereocenters. The average Bonchev–Trinajstić information content (AvgIpc) is 2.99. The summed E-state index contributed by atoms with van der Waals surface area (Å²) in [7, 11) is 1.67. The van der Waals surface area contributed by atoms with E-state index in [1.165, 1.54) is 5.56 Å². The maximum Gasteiger partial charge on any atom is 0.118 e. The predicted molar refractivity (Wildman–Crippen MR) is 87.3 cm³/mol. The van der Waals surface area contributed by atoms with Gasteiger partial charge in [-0.25, -0.2) is 4.68 Å². The van der Waals surface area contributed by atoms with Gasteiger partial charge < -0.3 is 10.5 Å². The third-order valence-corrected chi connectivity index (χ3v) is 3.59. The molecule has 1 aromatic heterocycles. The molecule has 0 spiro atoms. The Morgan fingerprint density at radius 2 is 1.77 bits per heavy atom. The lowest BCUT2D eigenvalue weighted by Gasteiger charge is -2.08. The van der Waals surface area contributed by atoms with Crippen LogP contribution in [0, 0.1) is 0 Å². The van der Waals surface area contributed by atoms with Crippen LogP contribution in [0.2, 0.25) is 0 Å². The van der Waals surface area contributed by atoms with Crippen LogP contribution in [0.3, 0.4) is 0 Å². The molecule has 2 N–H and O–H groups in total. The third kappa shape index (κ3) is 3.02. The summed E-state index contributed by atoms with van der Waals surface area (Å²) in [5, 5.41) is 4.60. The lowest BCUT2D eigenvalue weighted by Crippen LogP contribution is -2.04. The molecule has 0 aliphatic rings. The van der Waals surface area contributed by atoms with E-state index in [4.69, 9.17) is 10.5 Å². The second-order valence-corrected chi connectivity index (χ2v) is 5.10. The van der Waals surface area contributed by atoms with Crippen molar-refractivity contribution in [3.8, 4) is 11.4 Å². The van der Waals surface area contributed by atoms with Crippen molar-refractivity contribution in [2.75, 3.05) is 7.11 Å². The van der Waals surface area contributed by atoms with E-state index >= 15 is 0 Å². The minimum atomic E-state index is 0.440. The summed E-state index contributed by atoms with van der Waals surface area (Å²) in [5.41, 5.74) is 10.0. The van der Waals surface area contributed by atoms with E-state index in [2.05, 4.69) is 23.3 Å². The largest absolute Gasteiger partial charge is 0.497 e. The molecule has 0 bridgehead atoms. The Balaban J connectivity index is 1.93. The Hall–Kier alpha value is -2.59. The first kappa shape index (κ1) is 14.4. The van der Waals surface area contributed by atoms with Crippen LogP contribution in [0.1, 0.15) is 17.0 Å². The quantitative estimate of drug-likeness (QED) is 0.787. The highest BCUT2D eigenvalue weighted by molar-refractivity contribution is 5.36. The Morgan fingerprint density at radius 1 is 1.05 bits per heavy atom. The van der Waals surface area contributed by atoms with Crippen LogP contribution < -0.4 is 10.5 Å². The van der Waals surface area contributed by atoms with Crippen molar-refractivity contribution in [3.05, 3.63) is 77.6 Å². The average molecular weight is 293 g/mol. The topological polar surface area (TPSA) is 53.1 Å². The summed E-state index contributed by atoms with van der Waals surface area (Å²) in [6.45, 7) is 0.440. The number of hydrogen-bond acceptors (Lipinski definition) is 3. The number of hydrogen-bond donors (Lipinski definition) is 1. The van der Waals surface area contributed by atoms with E-state index in [9.17, 15) is 0 Å². The van der Waals surface area contributed by atoms with Crippen LogP contribution in [0.25, 0.3) is 5.69 Å². The van der Waals surface area contributed by atoms with Crippen LogP contribution in [0.5, 0.6) is 5.75 Å². The molecule has 3 aromatic rings. The van der Waals surface area contributed by atoms with Gasteiger partial charge in [0.25, 0.3) is 0 Å². The van der Waals surface area contributed by atoms with E-state index in [-0.39, 0.29) is 0 Å². The number of nitrogens with zero attached hydrogens (tertiary/aromatic N) is 2. The van der Waals surface area contributed by atoms with Crippen molar-refractivity contribution in [2.45, 2.75) is 13.0 Å². The number of methoxy groups -OCH3 is 1. The van der Waals surface area contributed by atoms with Crippen LogP contribution in [-0.4, -0.2) is 16.9 Å². The van der Waals surface area contributed by atoms with Gasteiger partial charge in [-0.2, -0.15) is 5.10 Å². The normalized spacial score (nSPS) is 10.6. The zero-order valence-electron chi connectivity index (χ0n) is 12.6. The summed E-state index contributed by atoms with van der Waals surface area (Å²) in [6.07, 6.45) is 0.798. The van der Waals surface area contributed by atoms with Gasteiger partial charge >= 0.3 is 0 Å². The molecule has 4 heteroatoms. The monoisotopic (exact) mass is 293 g/mol. The molecule has 0 unspecified atom stereocenters. The van der Waals surface area contributed by atoms with Crippen LogP contribution in [0.15, 0.2) is 60.7 Å². The Labute approximate surface area is 130 Å². The number of para-hydroxylation sites is 1. The standard InChI is InChI=1S/C18H19N3O/c1-22-18-9-7-14(8-10-18)11-17-12-15(13-19)20-21(17)16-5-3-2-4-6-16/h2-10,12H,11,13,19H2,1H3. The van der Waals surface area contributed by atoms with E-state index in [1.54, 1.807) is 7.11 Å². The molecular formula is C18H19N3O. The Kier molecular flexibility index (Phi) is 4.21. The van der Waals surface area contributed by atoms with Crippen LogP contribution >= 0.6 is 0 Å². The number of ether oxygens (including phenoxy) is 1. The van der Waals surface area contributed by atoms with E-state index in [0.717, 1.165) is 29.2 Å². The number of benzene rings is 2. The third-order valence-electron chi connectivity index (χ3n) is 3.59. The van der Waals surface area contributed by atoms with Gasteiger partial charge in [0.15, 0.2) is 0 Å². The van der Waals surface area contributed by atoms with Gasteiger partial charge in [-0.05, 0) is 35.9 Å². The maximum atomic E-state index is 5.75. The first-order valence-corrected chi connectivity index (χ1v) is 7.26. The Morgan fingerprint density at radius 3 is 2.41 bits per heavy atom. The van der Waals surface area contributed by atoms with Gasteiger partial charge in [-0.1, -0.05) is 30.3 Å². The molecule has 0 saturated heterocycles. The summed E-state index contributed by atoms with van der Waals surface area (Å²) in [6, 6.07) is 20.3. The highest BCUT2D eigenvalue weighted by atomic mass is 16.5. The fourth-order valence-electron chi connectivity index (χ4n) is 2.45. The van der Waals surface area contributed by atoms with Gasteiger partial charge in [0, 0.05) is 18.7 Å². The van der Waals surface area contributed by atoms with Crippen molar-refractivity contribution < 1.29 is 4.74 Å². The van der Waals surface area contributed by atoms with E-state index < -0.39 is 0 Å². The van der Waals surface area contributed by atoms with E-state index in [0.29, 0.717) is 6.54 Å². The lowest BCUT2D eigenvalue weighted by molar-refractivity contribution is 0.414. The minimum Gasteiger partial charge on any atom is -0.497 e. The van der Waals surface area contributed by atoms with Gasteiger partial charge in [0.05, 0.1) is 18.5 Å². The molecular weight excluding hydrogens is 274 g/mol. The van der Waals surface area contributed by atoms with Gasteiger partial charge in [0.1, 0.15) is 5.75 Å². The molecule has 0 aliphatic carbocycles. The first-order valence-electron chi connectivity index (χ1n) is 7.26. The SMILES string of the molecule is COc1ccc(Cc2cc(CN)nn2-c2ccccc2)cc1. The van der Waals surface area contributed by atoms with Gasteiger partial charge in [-0.3, -0.25) is 0 Å². The molecule has 2 aromatic carbocycles. The van der Waals surface area contributed by atoms with Crippen molar-refractivity contribution in [2.24, 2.45) is 5.73 Å². The summed E-state index contributed by atoms with van der Waals surface area (Å²) in [4.78, 5) is 0. The maximum absolute atomic E-state index is 5.75. The van der Waals surface area contributed by atoms with Crippen LogP contribution in [0.4, 0.5) is 0 Å². The number of aromatic nitrogens is 2. The molecule has 0 amide bonds. The zero-order chi connectivity index (χ0) is 15.4. The summed E-state index contributed by atoms with van der Waals surface area (Å²) < 4.78 is 7.16. The zero-order valence-corrected chi connectivity index (χ0v) is 12.6. The minimum absolute atomic E-state index is 0.440. The molecule has 0 fully saturated rings. The highest BCUT2D eigenvalue weighted by Gasteiger charge is 2.09. The van der Waals surface area contributed by atoms with Gasteiger partial charge in [-0.15, -0.1) is 0 Å². The van der Waals surface area contributed by atoms with Gasteiger partial charge in [0.2, 0.25) is 0 Å². The second-order valence-electron chi connectivity index (χ2n) is 5.10. The predicted octanol–water partition coefficient (Wildman–Crippen LogP) is 2.93.